The average molecular weight is 442 g/mol. The van der Waals surface area contributed by atoms with Gasteiger partial charge in [-0.25, -0.2) is 9.18 Å². The highest BCUT2D eigenvalue weighted by atomic mass is 127. The number of nitrogens with zero attached hydrogens (tertiary/aromatic N) is 1. The van der Waals surface area contributed by atoms with Crippen LogP contribution in [0.15, 0.2) is 34.9 Å². The lowest BCUT2D eigenvalue weighted by Crippen LogP contribution is -2.25. The average Bonchev–Trinajstić information content (AvgIpc) is 2.51. The number of benzene rings is 1. The van der Waals surface area contributed by atoms with Crippen molar-refractivity contribution >= 4 is 28.6 Å². The number of nitrogens with two attached hydrogens (primary N) is 1. The molecule has 1 aliphatic rings. The number of esters is 1. The zero-order valence-corrected chi connectivity index (χ0v) is 15.6. The van der Waals surface area contributed by atoms with Crippen LogP contribution in [0.25, 0.3) is 0 Å². The van der Waals surface area contributed by atoms with Crippen LogP contribution >= 0.6 is 22.6 Å². The Morgan fingerprint density at radius 3 is 2.71 bits per heavy atom. The molecule has 1 heterocycles. The van der Waals surface area contributed by atoms with Gasteiger partial charge in [0.1, 0.15) is 23.2 Å². The molecular formula is C17H16FIN2O3. The van der Waals surface area contributed by atoms with E-state index in [4.69, 9.17) is 15.2 Å². The lowest BCUT2D eigenvalue weighted by molar-refractivity contribution is -0.139. The highest BCUT2D eigenvalue weighted by molar-refractivity contribution is 14.1. The van der Waals surface area contributed by atoms with Crippen LogP contribution < -0.4 is 5.73 Å². The van der Waals surface area contributed by atoms with Crippen LogP contribution in [0.5, 0.6) is 0 Å². The van der Waals surface area contributed by atoms with Gasteiger partial charge in [0.05, 0.1) is 18.1 Å². The van der Waals surface area contributed by atoms with Crippen LogP contribution in [0.4, 0.5) is 4.39 Å². The van der Waals surface area contributed by atoms with E-state index in [0.29, 0.717) is 14.7 Å². The van der Waals surface area contributed by atoms with Crippen LogP contribution in [-0.2, 0) is 14.3 Å². The molecular weight excluding hydrogens is 426 g/mol. The Balaban J connectivity index is 2.69. The van der Waals surface area contributed by atoms with Crippen molar-refractivity contribution in [3.8, 4) is 6.07 Å². The summed E-state index contributed by atoms with van der Waals surface area (Å²) >= 11 is 2.01. The van der Waals surface area contributed by atoms with Gasteiger partial charge in [0.2, 0.25) is 5.88 Å². The Hall–Kier alpha value is -2.08. The number of halogens is 2. The fourth-order valence-corrected chi connectivity index (χ4v) is 3.14. The van der Waals surface area contributed by atoms with Crippen molar-refractivity contribution < 1.29 is 18.7 Å². The summed E-state index contributed by atoms with van der Waals surface area (Å²) in [6, 6.07) is 5.00. The molecule has 24 heavy (non-hydrogen) atoms. The molecule has 0 aliphatic carbocycles. The van der Waals surface area contributed by atoms with Crippen molar-refractivity contribution in [2.75, 3.05) is 6.61 Å². The van der Waals surface area contributed by atoms with Crippen LogP contribution in [0.1, 0.15) is 30.9 Å². The minimum absolute atomic E-state index is 0.0581. The minimum atomic E-state index is -0.827. The first-order valence-corrected chi connectivity index (χ1v) is 8.30. The molecule has 1 aromatic carbocycles. The Labute approximate surface area is 153 Å². The highest BCUT2D eigenvalue weighted by Gasteiger charge is 2.36. The summed E-state index contributed by atoms with van der Waals surface area (Å²) in [5.74, 6) is -1.71. The first kappa shape index (κ1) is 18.3. The van der Waals surface area contributed by atoms with E-state index >= 15 is 0 Å². The van der Waals surface area contributed by atoms with Gasteiger partial charge in [-0.3, -0.25) is 0 Å². The summed E-state index contributed by atoms with van der Waals surface area (Å²) in [5.41, 5.74) is 6.97. The van der Waals surface area contributed by atoms with E-state index in [0.717, 1.165) is 0 Å². The molecule has 1 unspecified atom stereocenters. The van der Waals surface area contributed by atoms with Gasteiger partial charge in [0.15, 0.2) is 0 Å². The Morgan fingerprint density at radius 1 is 1.50 bits per heavy atom. The molecule has 2 N–H and O–H groups in total. The van der Waals surface area contributed by atoms with Crippen molar-refractivity contribution in [2.24, 2.45) is 5.73 Å². The van der Waals surface area contributed by atoms with Gasteiger partial charge < -0.3 is 15.2 Å². The molecule has 0 saturated heterocycles. The zero-order valence-electron chi connectivity index (χ0n) is 13.4. The van der Waals surface area contributed by atoms with Gasteiger partial charge in [-0.2, -0.15) is 5.26 Å². The SMILES string of the molecule is CCOC(=O)C1=C(C)OC(N)=C(C#N)C1c1cc(F)c(C)c(I)c1. The molecule has 0 bridgehead atoms. The van der Waals surface area contributed by atoms with E-state index in [-0.39, 0.29) is 29.4 Å². The summed E-state index contributed by atoms with van der Waals surface area (Å²) in [6.45, 7) is 5.07. The number of carbonyl (C=O) groups is 1. The van der Waals surface area contributed by atoms with Gasteiger partial charge in [-0.1, -0.05) is 0 Å². The predicted octanol–water partition coefficient (Wildman–Crippen LogP) is 3.38. The Bertz CT molecular complexity index is 786. The van der Waals surface area contributed by atoms with Gasteiger partial charge >= 0.3 is 5.97 Å². The molecule has 5 nitrogen and oxygen atoms in total. The van der Waals surface area contributed by atoms with Gasteiger partial charge in [-0.05, 0) is 66.6 Å². The van der Waals surface area contributed by atoms with E-state index in [2.05, 4.69) is 0 Å². The smallest absolute Gasteiger partial charge is 0.338 e. The maximum Gasteiger partial charge on any atom is 0.338 e. The molecule has 2 rings (SSSR count). The van der Waals surface area contributed by atoms with Crippen molar-refractivity contribution in [2.45, 2.75) is 26.7 Å². The number of hydrogen-bond acceptors (Lipinski definition) is 5. The summed E-state index contributed by atoms with van der Waals surface area (Å²) in [4.78, 5) is 12.4. The standard InChI is InChI=1S/C17H16FIN2O3/c1-4-23-17(22)14-9(3)24-16(21)11(7-20)15(14)10-5-12(18)8(2)13(19)6-10/h5-6,15H,4,21H2,1-3H3. The lowest BCUT2D eigenvalue weighted by Gasteiger charge is -2.27. The number of allylic oxidation sites excluding steroid dienone is 2. The van der Waals surface area contributed by atoms with Crippen molar-refractivity contribution in [3.05, 3.63) is 55.4 Å². The molecule has 7 heteroatoms. The van der Waals surface area contributed by atoms with E-state index in [1.165, 1.54) is 6.07 Å². The Kier molecular flexibility index (Phi) is 5.49. The number of nitriles is 1. The Morgan fingerprint density at radius 2 is 2.17 bits per heavy atom. The molecule has 0 radical (unpaired) electrons. The fraction of sp³-hybridized carbons (Fsp3) is 0.294. The van der Waals surface area contributed by atoms with Crippen molar-refractivity contribution in [3.63, 3.8) is 0 Å². The van der Waals surface area contributed by atoms with Gasteiger partial charge in [0, 0.05) is 3.57 Å². The fourth-order valence-electron chi connectivity index (χ4n) is 2.52. The third-order valence-electron chi connectivity index (χ3n) is 3.74. The summed E-state index contributed by atoms with van der Waals surface area (Å²) in [5, 5.41) is 9.46. The number of rotatable bonds is 3. The second-order valence-corrected chi connectivity index (χ2v) is 6.39. The van der Waals surface area contributed by atoms with E-state index < -0.39 is 17.7 Å². The second kappa shape index (κ2) is 7.21. The monoisotopic (exact) mass is 442 g/mol. The molecule has 0 fully saturated rings. The first-order valence-electron chi connectivity index (χ1n) is 7.22. The van der Waals surface area contributed by atoms with E-state index in [1.54, 1.807) is 26.8 Å². The molecule has 1 atom stereocenters. The molecule has 0 spiro atoms. The predicted molar refractivity (Wildman–Crippen MR) is 93.8 cm³/mol. The molecule has 1 aliphatic heterocycles. The minimum Gasteiger partial charge on any atom is -0.463 e. The number of ether oxygens (including phenoxy) is 2. The lowest BCUT2D eigenvalue weighted by atomic mass is 9.83. The highest BCUT2D eigenvalue weighted by Crippen LogP contribution is 2.40. The molecule has 0 aromatic heterocycles. The van der Waals surface area contributed by atoms with E-state index in [1.807, 2.05) is 28.7 Å². The second-order valence-electron chi connectivity index (χ2n) is 5.22. The van der Waals surface area contributed by atoms with E-state index in [9.17, 15) is 14.4 Å². The third kappa shape index (κ3) is 3.24. The maximum atomic E-state index is 14.2. The normalized spacial score (nSPS) is 17.4. The van der Waals surface area contributed by atoms with Crippen LogP contribution in [0.2, 0.25) is 0 Å². The third-order valence-corrected chi connectivity index (χ3v) is 4.86. The molecule has 0 amide bonds. The largest absolute Gasteiger partial charge is 0.463 e. The molecule has 126 valence electrons. The number of hydrogen-bond donors (Lipinski definition) is 1. The summed E-state index contributed by atoms with van der Waals surface area (Å²) < 4.78 is 25.3. The first-order chi connectivity index (χ1) is 11.3. The maximum absolute atomic E-state index is 14.2. The zero-order chi connectivity index (χ0) is 18.0. The summed E-state index contributed by atoms with van der Waals surface area (Å²) in [6.07, 6.45) is 0. The summed E-state index contributed by atoms with van der Waals surface area (Å²) in [7, 11) is 0. The van der Waals surface area contributed by atoms with Crippen LogP contribution in [0, 0.1) is 27.6 Å². The van der Waals surface area contributed by atoms with Crippen LogP contribution in [0.3, 0.4) is 0 Å². The van der Waals surface area contributed by atoms with Crippen LogP contribution in [-0.4, -0.2) is 12.6 Å². The molecule has 0 saturated carbocycles. The van der Waals surface area contributed by atoms with Crippen molar-refractivity contribution in [1.29, 1.82) is 5.26 Å². The van der Waals surface area contributed by atoms with Gasteiger partial charge in [0.25, 0.3) is 0 Å². The topological polar surface area (TPSA) is 85.3 Å². The van der Waals surface area contributed by atoms with Gasteiger partial charge in [-0.15, -0.1) is 0 Å². The molecule has 1 aromatic rings. The number of carbonyl (C=O) groups excluding carboxylic acids is 1. The van der Waals surface area contributed by atoms with Crippen molar-refractivity contribution in [1.82, 2.24) is 0 Å². The quantitative estimate of drug-likeness (QED) is 0.573.